The quantitative estimate of drug-likeness (QED) is 0.384. The largest absolute Gasteiger partial charge is 0.346 e. The Kier molecular flexibility index (Phi) is 7.62. The van der Waals surface area contributed by atoms with Gasteiger partial charge in [-0.2, -0.15) is 5.26 Å². The summed E-state index contributed by atoms with van der Waals surface area (Å²) in [5.74, 6) is -0.143. The van der Waals surface area contributed by atoms with Crippen molar-refractivity contribution in [3.05, 3.63) is 106 Å². The predicted octanol–water partition coefficient (Wildman–Crippen LogP) is 6.64. The van der Waals surface area contributed by atoms with Gasteiger partial charge in [0.1, 0.15) is 16.9 Å². The van der Waals surface area contributed by atoms with Gasteiger partial charge in [0.05, 0.1) is 10.6 Å². The van der Waals surface area contributed by atoms with Gasteiger partial charge in [0.25, 0.3) is 0 Å². The van der Waals surface area contributed by atoms with Crippen LogP contribution >= 0.6 is 11.8 Å². The van der Waals surface area contributed by atoms with Crippen LogP contribution < -0.4 is 5.32 Å². The molecule has 3 aromatic carbocycles. The maximum atomic E-state index is 14.3. The zero-order valence-electron chi connectivity index (χ0n) is 18.7. The Morgan fingerprint density at radius 2 is 1.58 bits per heavy atom. The molecule has 0 unspecified atom stereocenters. The minimum atomic E-state index is -4.10. The van der Waals surface area contributed by atoms with Crippen LogP contribution in [0.1, 0.15) is 31.9 Å². The summed E-state index contributed by atoms with van der Waals surface area (Å²) in [6, 6.07) is 23.6. The highest BCUT2D eigenvalue weighted by Gasteiger charge is 2.26. The number of para-hydroxylation sites is 1. The van der Waals surface area contributed by atoms with Crippen LogP contribution in [-0.4, -0.2) is 8.42 Å². The Bertz CT molecular complexity index is 1290. The molecule has 0 aliphatic carbocycles. The van der Waals surface area contributed by atoms with E-state index in [0.717, 1.165) is 17.3 Å². The molecule has 0 aromatic heterocycles. The molecule has 0 bridgehead atoms. The number of hydrogen-bond acceptors (Lipinski definition) is 5. The molecule has 0 saturated heterocycles. The number of anilines is 1. The first kappa shape index (κ1) is 24.6. The molecule has 33 heavy (non-hydrogen) atoms. The molecule has 0 aliphatic heterocycles. The number of nitrogens with one attached hydrogen (secondary N) is 1. The van der Waals surface area contributed by atoms with Gasteiger partial charge in [-0.3, -0.25) is 0 Å². The molecule has 0 atom stereocenters. The second-order valence-corrected chi connectivity index (χ2v) is 11.3. The summed E-state index contributed by atoms with van der Waals surface area (Å²) in [4.78, 5) is -0.447. The monoisotopic (exact) mass is 480 g/mol. The van der Waals surface area contributed by atoms with Crippen molar-refractivity contribution in [3.8, 4) is 6.07 Å². The first-order valence-corrected chi connectivity index (χ1v) is 12.8. The fourth-order valence-corrected chi connectivity index (χ4v) is 5.58. The van der Waals surface area contributed by atoms with Crippen molar-refractivity contribution in [1.29, 1.82) is 5.26 Å². The number of hydrogen-bond donors (Lipinski definition) is 1. The molecule has 0 radical (unpaired) electrons. The zero-order chi connectivity index (χ0) is 24.1. The molecule has 0 aliphatic rings. The average molecular weight is 481 g/mol. The fourth-order valence-electron chi connectivity index (χ4n) is 3.05. The molecule has 1 N–H and O–H groups in total. The molecule has 4 nitrogen and oxygen atoms in total. The maximum absolute atomic E-state index is 14.3. The second kappa shape index (κ2) is 10.2. The number of thioether (sulfide) groups is 1. The van der Waals surface area contributed by atoms with Crippen LogP contribution in [0.4, 0.5) is 10.1 Å². The van der Waals surface area contributed by atoms with Gasteiger partial charge < -0.3 is 5.32 Å². The van der Waals surface area contributed by atoms with Crippen LogP contribution in [0.3, 0.4) is 0 Å². The maximum Gasteiger partial charge on any atom is 0.219 e. The summed E-state index contributed by atoms with van der Waals surface area (Å²) >= 11 is 1.15. The highest BCUT2D eigenvalue weighted by atomic mass is 32.2. The van der Waals surface area contributed by atoms with Gasteiger partial charge in [0, 0.05) is 5.75 Å². The molecule has 0 amide bonds. The van der Waals surface area contributed by atoms with Crippen LogP contribution in [0.15, 0.2) is 93.7 Å². The van der Waals surface area contributed by atoms with E-state index in [-0.39, 0.29) is 21.0 Å². The third-order valence-corrected chi connectivity index (χ3v) is 7.88. The van der Waals surface area contributed by atoms with Crippen LogP contribution in [-0.2, 0) is 21.0 Å². The van der Waals surface area contributed by atoms with Gasteiger partial charge in [0.2, 0.25) is 9.84 Å². The number of allylic oxidation sites excluding steroid dienone is 1. The lowest BCUT2D eigenvalue weighted by atomic mass is 9.87. The van der Waals surface area contributed by atoms with E-state index in [1.54, 1.807) is 30.3 Å². The van der Waals surface area contributed by atoms with E-state index in [2.05, 4.69) is 26.1 Å². The highest BCUT2D eigenvalue weighted by Crippen LogP contribution is 2.32. The Morgan fingerprint density at radius 1 is 0.970 bits per heavy atom. The van der Waals surface area contributed by atoms with Crippen LogP contribution in [0.2, 0.25) is 0 Å². The van der Waals surface area contributed by atoms with E-state index in [1.165, 1.54) is 29.8 Å². The van der Waals surface area contributed by atoms with Crippen molar-refractivity contribution in [3.63, 3.8) is 0 Å². The number of rotatable bonds is 7. The fraction of sp³-hybridized carbons (Fsp3) is 0.192. The number of nitrogens with zero attached hydrogens (tertiary/aromatic N) is 1. The zero-order valence-corrected chi connectivity index (χ0v) is 20.3. The summed E-state index contributed by atoms with van der Waals surface area (Å²) in [5.41, 5.74) is 2.25. The van der Waals surface area contributed by atoms with Crippen molar-refractivity contribution in [2.75, 3.05) is 5.32 Å². The number of sulfone groups is 1. The average Bonchev–Trinajstić information content (AvgIpc) is 2.79. The Hall–Kier alpha value is -3.08. The van der Waals surface area contributed by atoms with Gasteiger partial charge in [0.15, 0.2) is 4.91 Å². The van der Waals surface area contributed by atoms with Gasteiger partial charge in [-0.1, -0.05) is 75.4 Å². The topological polar surface area (TPSA) is 70.0 Å². The molecule has 0 fully saturated rings. The van der Waals surface area contributed by atoms with Gasteiger partial charge in [-0.25, -0.2) is 12.8 Å². The lowest BCUT2D eigenvalue weighted by Crippen LogP contribution is -2.11. The molecule has 7 heteroatoms. The second-order valence-electron chi connectivity index (χ2n) is 8.43. The summed E-state index contributed by atoms with van der Waals surface area (Å²) in [5, 5.41) is 12.8. The van der Waals surface area contributed by atoms with Crippen molar-refractivity contribution in [1.82, 2.24) is 0 Å². The van der Waals surface area contributed by atoms with Gasteiger partial charge in [-0.15, -0.1) is 11.8 Å². The highest BCUT2D eigenvalue weighted by molar-refractivity contribution is 8.04. The number of halogens is 1. The lowest BCUT2D eigenvalue weighted by molar-refractivity contribution is 0.590. The van der Waals surface area contributed by atoms with E-state index in [0.29, 0.717) is 5.75 Å². The third kappa shape index (κ3) is 6.04. The normalized spacial score (nSPS) is 12.6. The smallest absolute Gasteiger partial charge is 0.219 e. The molecule has 3 aromatic rings. The molecule has 0 spiro atoms. The van der Waals surface area contributed by atoms with Crippen molar-refractivity contribution in [2.24, 2.45) is 0 Å². The molecule has 170 valence electrons. The van der Waals surface area contributed by atoms with Crippen molar-refractivity contribution >= 4 is 27.3 Å². The summed E-state index contributed by atoms with van der Waals surface area (Å²) in [6.07, 6.45) is 0. The van der Waals surface area contributed by atoms with E-state index >= 15 is 0 Å². The summed E-state index contributed by atoms with van der Waals surface area (Å²) in [7, 11) is -4.10. The van der Waals surface area contributed by atoms with Crippen molar-refractivity contribution < 1.29 is 12.8 Å². The summed E-state index contributed by atoms with van der Waals surface area (Å²) < 4.78 is 40.8. The standard InChI is InChI=1S/C26H25FN2O2S2/c1-26(2,3)20-15-13-19(14-16-20)18-32-25(29-23-12-8-7-11-22(23)27)24(17-28)33(30,31)21-9-5-4-6-10-21/h4-16,29H,18H2,1-3H3. The van der Waals surface area contributed by atoms with Gasteiger partial charge in [-0.05, 0) is 40.8 Å². The minimum absolute atomic E-state index is 0.00418. The number of benzene rings is 3. The van der Waals surface area contributed by atoms with E-state index in [1.807, 2.05) is 30.3 Å². The minimum Gasteiger partial charge on any atom is -0.346 e. The van der Waals surface area contributed by atoms with E-state index in [4.69, 9.17) is 0 Å². The first-order valence-electron chi connectivity index (χ1n) is 10.3. The molecule has 0 heterocycles. The van der Waals surface area contributed by atoms with Crippen LogP contribution in [0.5, 0.6) is 0 Å². The Labute approximate surface area is 199 Å². The Balaban J connectivity index is 2.00. The SMILES string of the molecule is CC(C)(C)c1ccc(CSC(Nc2ccccc2F)=C(C#N)S(=O)(=O)c2ccccc2)cc1. The molecule has 3 rings (SSSR count). The number of nitriles is 1. The third-order valence-electron chi connectivity index (χ3n) is 4.96. The summed E-state index contributed by atoms with van der Waals surface area (Å²) in [6.45, 7) is 6.39. The lowest BCUT2D eigenvalue weighted by Gasteiger charge is -2.19. The van der Waals surface area contributed by atoms with E-state index in [9.17, 15) is 18.1 Å². The molecule has 0 saturated carbocycles. The van der Waals surface area contributed by atoms with Crippen LogP contribution in [0, 0.1) is 17.1 Å². The van der Waals surface area contributed by atoms with Crippen molar-refractivity contribution in [2.45, 2.75) is 36.8 Å². The van der Waals surface area contributed by atoms with E-state index < -0.39 is 20.6 Å². The molecular weight excluding hydrogens is 455 g/mol. The Morgan fingerprint density at radius 3 is 2.15 bits per heavy atom. The molecular formula is C26H25FN2O2S2. The predicted molar refractivity (Wildman–Crippen MR) is 133 cm³/mol. The first-order chi connectivity index (χ1) is 15.6. The van der Waals surface area contributed by atoms with Gasteiger partial charge >= 0.3 is 0 Å². The van der Waals surface area contributed by atoms with Crippen LogP contribution in [0.25, 0.3) is 0 Å².